The summed E-state index contributed by atoms with van der Waals surface area (Å²) in [5.74, 6) is 2.51. The minimum atomic E-state index is -0.152. The van der Waals surface area contributed by atoms with Gasteiger partial charge in [0.1, 0.15) is 0 Å². The van der Waals surface area contributed by atoms with Crippen LogP contribution in [0.3, 0.4) is 0 Å². The van der Waals surface area contributed by atoms with Crippen molar-refractivity contribution in [2.24, 2.45) is 5.73 Å². The van der Waals surface area contributed by atoms with Gasteiger partial charge >= 0.3 is 0 Å². The minimum Gasteiger partial charge on any atom is -0.342 e. The molecule has 0 rings (SSSR count). The van der Waals surface area contributed by atoms with Gasteiger partial charge in [-0.05, 0) is 19.4 Å². The van der Waals surface area contributed by atoms with Crippen molar-refractivity contribution in [3.8, 4) is 12.3 Å². The van der Waals surface area contributed by atoms with E-state index in [1.807, 2.05) is 0 Å². The second-order valence-corrected chi connectivity index (χ2v) is 2.57. The zero-order valence-electron chi connectivity index (χ0n) is 7.47. The summed E-state index contributed by atoms with van der Waals surface area (Å²) in [5.41, 5.74) is 5.31. The van der Waals surface area contributed by atoms with E-state index in [4.69, 9.17) is 12.2 Å². The molecule has 0 aliphatic carbocycles. The Hall–Kier alpha value is -1.01. The third kappa shape index (κ3) is 4.75. The maximum absolute atomic E-state index is 10.9. The van der Waals surface area contributed by atoms with Crippen LogP contribution in [-0.4, -0.2) is 18.5 Å². The molecule has 0 radical (unpaired) electrons. The molecule has 0 spiro atoms. The van der Waals surface area contributed by atoms with Gasteiger partial charge in [-0.2, -0.15) is 0 Å². The van der Waals surface area contributed by atoms with Gasteiger partial charge in [-0.1, -0.05) is 12.8 Å². The van der Waals surface area contributed by atoms with Crippen molar-refractivity contribution in [1.82, 2.24) is 5.32 Å². The van der Waals surface area contributed by atoms with E-state index in [1.54, 1.807) is 6.92 Å². The molecule has 0 fully saturated rings. The maximum atomic E-state index is 10.9. The van der Waals surface area contributed by atoms with Gasteiger partial charge in [0.25, 0.3) is 0 Å². The molecule has 1 unspecified atom stereocenters. The van der Waals surface area contributed by atoms with E-state index in [2.05, 4.69) is 11.2 Å². The van der Waals surface area contributed by atoms with E-state index in [0.29, 0.717) is 13.0 Å². The Kier molecular flexibility index (Phi) is 6.12. The van der Waals surface area contributed by atoms with Crippen LogP contribution in [0.25, 0.3) is 0 Å². The van der Waals surface area contributed by atoms with Crippen LogP contribution < -0.4 is 11.1 Å². The van der Waals surface area contributed by atoms with Crippen LogP contribution in [0.4, 0.5) is 0 Å². The van der Waals surface area contributed by atoms with Gasteiger partial charge in [0, 0.05) is 6.42 Å². The number of rotatable bonds is 5. The van der Waals surface area contributed by atoms with Gasteiger partial charge in [-0.25, -0.2) is 0 Å². The van der Waals surface area contributed by atoms with Crippen LogP contribution in [0.15, 0.2) is 0 Å². The molecule has 3 N–H and O–H groups in total. The Balaban J connectivity index is 3.69. The van der Waals surface area contributed by atoms with Crippen molar-refractivity contribution in [2.75, 3.05) is 6.54 Å². The molecule has 0 aromatic rings. The Labute approximate surface area is 73.7 Å². The highest BCUT2D eigenvalue weighted by Crippen LogP contribution is 1.94. The van der Waals surface area contributed by atoms with Crippen LogP contribution in [0.5, 0.6) is 0 Å². The summed E-state index contributed by atoms with van der Waals surface area (Å²) >= 11 is 0. The van der Waals surface area contributed by atoms with Gasteiger partial charge in [0.05, 0.1) is 6.04 Å². The molecule has 0 heterocycles. The molecule has 12 heavy (non-hydrogen) atoms. The first-order chi connectivity index (χ1) is 5.74. The first-order valence-corrected chi connectivity index (χ1v) is 4.20. The number of carbonyl (C=O) groups excluding carboxylic acids is 1. The molecule has 0 aliphatic heterocycles. The van der Waals surface area contributed by atoms with Crippen molar-refractivity contribution in [3.63, 3.8) is 0 Å². The summed E-state index contributed by atoms with van der Waals surface area (Å²) in [5, 5.41) is 2.72. The first kappa shape index (κ1) is 11.0. The molecule has 1 atom stereocenters. The third-order valence-electron chi connectivity index (χ3n) is 1.55. The van der Waals surface area contributed by atoms with Gasteiger partial charge in [-0.3, -0.25) is 4.79 Å². The summed E-state index contributed by atoms with van der Waals surface area (Å²) in [6, 6.07) is -0.152. The van der Waals surface area contributed by atoms with E-state index >= 15 is 0 Å². The smallest absolute Gasteiger partial charge is 0.220 e. The topological polar surface area (TPSA) is 55.1 Å². The van der Waals surface area contributed by atoms with Crippen LogP contribution in [0.1, 0.15) is 26.2 Å². The van der Waals surface area contributed by atoms with E-state index in [-0.39, 0.29) is 11.9 Å². The fourth-order valence-electron chi connectivity index (χ4n) is 0.816. The summed E-state index contributed by atoms with van der Waals surface area (Å²) in [7, 11) is 0. The van der Waals surface area contributed by atoms with E-state index in [1.165, 1.54) is 0 Å². The zero-order chi connectivity index (χ0) is 9.40. The second kappa shape index (κ2) is 6.68. The molecular formula is C9H16N2O. The van der Waals surface area contributed by atoms with Gasteiger partial charge < -0.3 is 11.1 Å². The molecule has 3 nitrogen and oxygen atoms in total. The average Bonchev–Trinajstić information content (AvgIpc) is 2.11. The monoisotopic (exact) mass is 168 g/mol. The molecular weight excluding hydrogens is 152 g/mol. The van der Waals surface area contributed by atoms with Crippen LogP contribution >= 0.6 is 0 Å². The molecule has 0 aromatic carbocycles. The molecule has 0 saturated carbocycles. The quantitative estimate of drug-likeness (QED) is 0.578. The summed E-state index contributed by atoms with van der Waals surface area (Å²) in [6.07, 6.45) is 7.29. The highest BCUT2D eigenvalue weighted by molar-refractivity contribution is 5.76. The normalized spacial score (nSPS) is 11.8. The largest absolute Gasteiger partial charge is 0.342 e. The van der Waals surface area contributed by atoms with Crippen molar-refractivity contribution < 1.29 is 4.79 Å². The van der Waals surface area contributed by atoms with Gasteiger partial charge in [0.2, 0.25) is 5.91 Å². The highest BCUT2D eigenvalue weighted by atomic mass is 16.1. The van der Waals surface area contributed by atoms with Crippen LogP contribution in [-0.2, 0) is 4.79 Å². The number of amides is 1. The summed E-state index contributed by atoms with van der Waals surface area (Å²) in [6.45, 7) is 2.41. The van der Waals surface area contributed by atoms with Gasteiger partial charge in [0.15, 0.2) is 0 Å². The standard InChI is InChI=1S/C9H16N2O/c1-3-8(6-5-7-10)11-9(12)4-2/h1,8H,4-7,10H2,2H3,(H,11,12). The van der Waals surface area contributed by atoms with Gasteiger partial charge in [-0.15, -0.1) is 6.42 Å². The zero-order valence-corrected chi connectivity index (χ0v) is 7.47. The van der Waals surface area contributed by atoms with E-state index in [0.717, 1.165) is 12.8 Å². The lowest BCUT2D eigenvalue weighted by atomic mass is 10.1. The van der Waals surface area contributed by atoms with Crippen molar-refractivity contribution >= 4 is 5.91 Å². The Morgan fingerprint density at radius 2 is 2.42 bits per heavy atom. The maximum Gasteiger partial charge on any atom is 0.220 e. The summed E-state index contributed by atoms with van der Waals surface area (Å²) in [4.78, 5) is 10.9. The molecule has 3 heteroatoms. The first-order valence-electron chi connectivity index (χ1n) is 4.20. The number of hydrogen-bond donors (Lipinski definition) is 2. The molecule has 0 aliphatic rings. The average molecular weight is 168 g/mol. The number of carbonyl (C=O) groups is 1. The Bertz CT molecular complexity index is 172. The highest BCUT2D eigenvalue weighted by Gasteiger charge is 2.06. The Morgan fingerprint density at radius 3 is 2.83 bits per heavy atom. The van der Waals surface area contributed by atoms with Crippen LogP contribution in [0.2, 0.25) is 0 Å². The van der Waals surface area contributed by atoms with E-state index in [9.17, 15) is 4.79 Å². The predicted molar refractivity (Wildman–Crippen MR) is 49.3 cm³/mol. The minimum absolute atomic E-state index is 0.00466. The molecule has 0 saturated heterocycles. The summed E-state index contributed by atoms with van der Waals surface area (Å²) < 4.78 is 0. The SMILES string of the molecule is C#CC(CCCN)NC(=O)CC. The lowest BCUT2D eigenvalue weighted by molar-refractivity contribution is -0.121. The molecule has 0 aromatic heterocycles. The van der Waals surface area contributed by atoms with Crippen LogP contribution in [0, 0.1) is 12.3 Å². The fraction of sp³-hybridized carbons (Fsp3) is 0.667. The number of terminal acetylenes is 1. The lowest BCUT2D eigenvalue weighted by Gasteiger charge is -2.11. The fourth-order valence-corrected chi connectivity index (χ4v) is 0.816. The number of hydrogen-bond acceptors (Lipinski definition) is 2. The Morgan fingerprint density at radius 1 is 1.75 bits per heavy atom. The second-order valence-electron chi connectivity index (χ2n) is 2.57. The molecule has 68 valence electrons. The number of nitrogens with one attached hydrogen (secondary N) is 1. The van der Waals surface area contributed by atoms with Crippen molar-refractivity contribution in [2.45, 2.75) is 32.2 Å². The lowest BCUT2D eigenvalue weighted by Crippen LogP contribution is -2.33. The number of nitrogens with two attached hydrogens (primary N) is 1. The van der Waals surface area contributed by atoms with Crippen molar-refractivity contribution in [1.29, 1.82) is 0 Å². The molecule has 0 bridgehead atoms. The van der Waals surface area contributed by atoms with E-state index < -0.39 is 0 Å². The molecule has 1 amide bonds. The third-order valence-corrected chi connectivity index (χ3v) is 1.55. The predicted octanol–water partition coefficient (Wildman–Crippen LogP) is 0.253. The van der Waals surface area contributed by atoms with Crippen molar-refractivity contribution in [3.05, 3.63) is 0 Å².